The Bertz CT molecular complexity index is 1430. The molecule has 4 nitrogen and oxygen atoms in total. The van der Waals surface area contributed by atoms with Crippen LogP contribution >= 0.6 is 0 Å². The van der Waals surface area contributed by atoms with Crippen LogP contribution in [0, 0.1) is 10.8 Å². The van der Waals surface area contributed by atoms with Gasteiger partial charge in [-0.3, -0.25) is 9.59 Å². The molecule has 0 spiro atoms. The van der Waals surface area contributed by atoms with Gasteiger partial charge in [-0.15, -0.1) is 0 Å². The molecular formula is C36H38O4. The Labute approximate surface area is 238 Å². The molecule has 0 amide bonds. The maximum Gasteiger partial charge on any atom is 0.312 e. The van der Waals surface area contributed by atoms with E-state index in [0.29, 0.717) is 0 Å². The molecule has 0 aromatic heterocycles. The summed E-state index contributed by atoms with van der Waals surface area (Å²) in [5.41, 5.74) is 4.00. The number of carbonyl (C=O) groups is 2. The molecule has 0 aliphatic carbocycles. The van der Waals surface area contributed by atoms with E-state index in [1.807, 2.05) is 139 Å². The molecule has 0 aliphatic rings. The monoisotopic (exact) mass is 534 g/mol. The summed E-state index contributed by atoms with van der Waals surface area (Å²) in [5.74, 6) is -0.631. The van der Waals surface area contributed by atoms with Gasteiger partial charge in [0, 0.05) is 11.1 Å². The molecule has 0 radical (unpaired) electrons. The van der Waals surface area contributed by atoms with E-state index in [1.54, 1.807) is 0 Å². The summed E-state index contributed by atoms with van der Waals surface area (Å²) < 4.78 is 12.4. The van der Waals surface area contributed by atoms with Crippen molar-refractivity contribution in [1.29, 1.82) is 0 Å². The molecule has 0 bridgehead atoms. The summed E-state index contributed by atoms with van der Waals surface area (Å²) in [6, 6.07) is 35.6. The van der Waals surface area contributed by atoms with Gasteiger partial charge in [-0.2, -0.15) is 0 Å². The third kappa shape index (κ3) is 6.87. The van der Waals surface area contributed by atoms with Crippen LogP contribution in [0.25, 0.3) is 11.1 Å². The fourth-order valence-corrected chi connectivity index (χ4v) is 4.29. The van der Waals surface area contributed by atoms with Gasteiger partial charge in [-0.1, -0.05) is 109 Å². The Morgan fingerprint density at radius 1 is 0.475 bits per heavy atom. The fourth-order valence-electron chi connectivity index (χ4n) is 4.29. The van der Waals surface area contributed by atoms with Gasteiger partial charge in [-0.05, 0) is 63.8 Å². The number of ether oxygens (including phenoxy) is 2. The zero-order valence-corrected chi connectivity index (χ0v) is 24.2. The maximum absolute atomic E-state index is 13.3. The van der Waals surface area contributed by atoms with Crippen LogP contribution in [0.5, 0.6) is 0 Å². The molecule has 2 atom stereocenters. The minimum atomic E-state index is -0.702. The zero-order chi connectivity index (χ0) is 28.9. The van der Waals surface area contributed by atoms with Gasteiger partial charge in [0.05, 0.1) is 10.8 Å². The highest BCUT2D eigenvalue weighted by Gasteiger charge is 2.33. The summed E-state index contributed by atoms with van der Waals surface area (Å²) in [6.07, 6.45) is -1.38. The molecule has 0 saturated heterocycles. The standard InChI is InChI=1S/C36H38O4/c1-35(2,3)33(37)39-31(27-17-11-8-12-18-27)29-19-13-14-20-30(29)32(40-34(38)36(4,5)6)28-23-21-26(22-24-28)25-15-9-7-10-16-25/h7-24,31-32H,1-6H3. The molecule has 0 heterocycles. The highest BCUT2D eigenvalue weighted by atomic mass is 16.6. The van der Waals surface area contributed by atoms with E-state index >= 15 is 0 Å². The smallest absolute Gasteiger partial charge is 0.312 e. The van der Waals surface area contributed by atoms with Gasteiger partial charge < -0.3 is 9.47 Å². The first kappa shape index (κ1) is 28.8. The molecule has 206 valence electrons. The number of hydrogen-bond donors (Lipinski definition) is 0. The largest absolute Gasteiger partial charge is 0.452 e. The van der Waals surface area contributed by atoms with Crippen LogP contribution < -0.4 is 0 Å². The second-order valence-electron chi connectivity index (χ2n) is 12.1. The van der Waals surface area contributed by atoms with E-state index in [0.717, 1.165) is 33.4 Å². The lowest BCUT2D eigenvalue weighted by atomic mass is 9.89. The van der Waals surface area contributed by atoms with Gasteiger partial charge >= 0.3 is 11.9 Å². The molecule has 0 fully saturated rings. The lowest BCUT2D eigenvalue weighted by molar-refractivity contribution is -0.159. The van der Waals surface area contributed by atoms with Crippen LogP contribution in [0.4, 0.5) is 0 Å². The van der Waals surface area contributed by atoms with Crippen molar-refractivity contribution < 1.29 is 19.1 Å². The highest BCUT2D eigenvalue weighted by molar-refractivity contribution is 5.77. The summed E-state index contributed by atoms with van der Waals surface area (Å²) >= 11 is 0. The zero-order valence-electron chi connectivity index (χ0n) is 24.2. The highest BCUT2D eigenvalue weighted by Crippen LogP contribution is 2.38. The minimum Gasteiger partial charge on any atom is -0.452 e. The second kappa shape index (κ2) is 11.9. The van der Waals surface area contributed by atoms with E-state index in [-0.39, 0.29) is 11.9 Å². The van der Waals surface area contributed by atoms with Crippen molar-refractivity contribution in [3.05, 3.63) is 131 Å². The molecule has 4 aromatic carbocycles. The molecule has 4 rings (SSSR count). The van der Waals surface area contributed by atoms with Crippen molar-refractivity contribution >= 4 is 11.9 Å². The first-order valence-corrected chi connectivity index (χ1v) is 13.7. The van der Waals surface area contributed by atoms with Crippen molar-refractivity contribution in [1.82, 2.24) is 0 Å². The van der Waals surface area contributed by atoms with Crippen molar-refractivity contribution in [2.24, 2.45) is 10.8 Å². The molecule has 0 N–H and O–H groups in total. The van der Waals surface area contributed by atoms with E-state index < -0.39 is 23.0 Å². The van der Waals surface area contributed by atoms with E-state index in [4.69, 9.17) is 9.47 Å². The Hall–Kier alpha value is -4.18. The number of benzene rings is 4. The average molecular weight is 535 g/mol. The Balaban J connectivity index is 1.84. The number of carbonyl (C=O) groups excluding carboxylic acids is 2. The Morgan fingerprint density at radius 3 is 1.25 bits per heavy atom. The van der Waals surface area contributed by atoms with Crippen LogP contribution in [-0.4, -0.2) is 11.9 Å². The third-order valence-corrected chi connectivity index (χ3v) is 6.66. The molecule has 4 heteroatoms. The SMILES string of the molecule is CC(C)(C)C(=O)OC(c1ccccc1)c1ccccc1C(OC(=O)C(C)(C)C)c1ccc(-c2ccccc2)cc1. The van der Waals surface area contributed by atoms with Gasteiger partial charge in [0.15, 0.2) is 12.2 Å². The average Bonchev–Trinajstić information content (AvgIpc) is 2.94. The molecule has 4 aromatic rings. The molecule has 40 heavy (non-hydrogen) atoms. The van der Waals surface area contributed by atoms with Crippen LogP contribution in [0.2, 0.25) is 0 Å². The molecule has 0 aliphatic heterocycles. The summed E-state index contributed by atoms with van der Waals surface area (Å²) in [7, 11) is 0. The number of rotatable bonds is 7. The Kier molecular flexibility index (Phi) is 8.58. The van der Waals surface area contributed by atoms with Gasteiger partial charge in [0.25, 0.3) is 0 Å². The van der Waals surface area contributed by atoms with E-state index in [9.17, 15) is 9.59 Å². The first-order valence-electron chi connectivity index (χ1n) is 13.7. The van der Waals surface area contributed by atoms with Crippen molar-refractivity contribution in [3.63, 3.8) is 0 Å². The second-order valence-corrected chi connectivity index (χ2v) is 12.1. The molecular weight excluding hydrogens is 496 g/mol. The van der Waals surface area contributed by atoms with Crippen LogP contribution in [0.15, 0.2) is 109 Å². The van der Waals surface area contributed by atoms with Crippen molar-refractivity contribution in [2.75, 3.05) is 0 Å². The summed E-state index contributed by atoms with van der Waals surface area (Å²) in [5, 5.41) is 0. The first-order chi connectivity index (χ1) is 18.9. The van der Waals surface area contributed by atoms with Crippen LogP contribution in [0.3, 0.4) is 0 Å². The predicted octanol–water partition coefficient (Wildman–Crippen LogP) is 8.71. The van der Waals surface area contributed by atoms with Crippen molar-refractivity contribution in [3.8, 4) is 11.1 Å². The molecule has 0 saturated carbocycles. The maximum atomic E-state index is 13.3. The topological polar surface area (TPSA) is 52.6 Å². The van der Waals surface area contributed by atoms with Crippen molar-refractivity contribution in [2.45, 2.75) is 53.8 Å². The molecule has 2 unspecified atom stereocenters. The van der Waals surface area contributed by atoms with E-state index in [2.05, 4.69) is 12.1 Å². The summed E-state index contributed by atoms with van der Waals surface area (Å²) in [6.45, 7) is 11.0. The lowest BCUT2D eigenvalue weighted by Crippen LogP contribution is -2.28. The van der Waals surface area contributed by atoms with Gasteiger partial charge in [0.2, 0.25) is 0 Å². The van der Waals surface area contributed by atoms with Crippen LogP contribution in [-0.2, 0) is 19.1 Å². The third-order valence-electron chi connectivity index (χ3n) is 6.66. The van der Waals surface area contributed by atoms with Crippen LogP contribution in [0.1, 0.15) is 76.0 Å². The van der Waals surface area contributed by atoms with Gasteiger partial charge in [0.1, 0.15) is 0 Å². The minimum absolute atomic E-state index is 0.313. The number of esters is 2. The fraction of sp³-hybridized carbons (Fsp3) is 0.278. The number of hydrogen-bond acceptors (Lipinski definition) is 4. The predicted molar refractivity (Wildman–Crippen MR) is 160 cm³/mol. The normalized spacial score (nSPS) is 13.2. The van der Waals surface area contributed by atoms with Gasteiger partial charge in [-0.25, -0.2) is 0 Å². The quantitative estimate of drug-likeness (QED) is 0.223. The Morgan fingerprint density at radius 2 is 0.825 bits per heavy atom. The lowest BCUT2D eigenvalue weighted by Gasteiger charge is -2.29. The summed E-state index contributed by atoms with van der Waals surface area (Å²) in [4.78, 5) is 26.4. The van der Waals surface area contributed by atoms with E-state index in [1.165, 1.54) is 0 Å².